The highest BCUT2D eigenvalue weighted by Crippen LogP contribution is 2.45. The lowest BCUT2D eigenvalue weighted by Gasteiger charge is -2.22. The minimum absolute atomic E-state index is 0.150. The number of H-pyrrole nitrogens is 1. The number of ether oxygens (including phenoxy) is 1. The number of hydrogen-bond donors (Lipinski definition) is 2. The first kappa shape index (κ1) is 19.0. The van der Waals surface area contributed by atoms with Gasteiger partial charge in [-0.3, -0.25) is 9.59 Å². The number of nitrogen functional groups attached to an aromatic ring is 1. The molecule has 0 amide bonds. The van der Waals surface area contributed by atoms with E-state index in [2.05, 4.69) is 25.8 Å². The monoisotopic (exact) mass is 388 g/mol. The zero-order valence-corrected chi connectivity index (χ0v) is 16.8. The summed E-state index contributed by atoms with van der Waals surface area (Å²) >= 11 is 0. The van der Waals surface area contributed by atoms with Crippen molar-refractivity contribution in [3.8, 4) is 16.9 Å². The maximum atomic E-state index is 12.8. The normalized spacial score (nSPS) is 15.8. The third-order valence-corrected chi connectivity index (χ3v) is 5.37. The van der Waals surface area contributed by atoms with Crippen LogP contribution < -0.4 is 16.0 Å². The van der Waals surface area contributed by atoms with E-state index in [1.54, 1.807) is 18.3 Å². The van der Waals surface area contributed by atoms with Gasteiger partial charge >= 0.3 is 5.97 Å². The zero-order chi connectivity index (χ0) is 20.8. The predicted octanol–water partition coefficient (Wildman–Crippen LogP) is 4.17. The maximum absolute atomic E-state index is 12.8. The quantitative estimate of drug-likeness (QED) is 0.401. The lowest BCUT2D eigenvalue weighted by atomic mass is 9.81. The molecule has 1 atom stereocenters. The van der Waals surface area contributed by atoms with Gasteiger partial charge in [-0.15, -0.1) is 0 Å². The summed E-state index contributed by atoms with van der Waals surface area (Å²) in [6, 6.07) is 15.0. The Morgan fingerprint density at radius 2 is 1.76 bits per heavy atom. The summed E-state index contributed by atoms with van der Waals surface area (Å²) < 4.78 is 5.71. The van der Waals surface area contributed by atoms with E-state index in [0.717, 1.165) is 16.7 Å². The van der Waals surface area contributed by atoms with E-state index in [1.165, 1.54) is 0 Å². The molecule has 0 aliphatic carbocycles. The Bertz CT molecular complexity index is 1140. The van der Waals surface area contributed by atoms with Crippen LogP contribution in [0, 0.1) is 0 Å². The van der Waals surface area contributed by atoms with Crippen molar-refractivity contribution in [1.29, 1.82) is 0 Å². The number of hydrogen-bond acceptors (Lipinski definition) is 4. The number of esters is 1. The van der Waals surface area contributed by atoms with Crippen LogP contribution in [-0.4, -0.2) is 11.0 Å². The summed E-state index contributed by atoms with van der Waals surface area (Å²) in [7, 11) is 0. The predicted molar refractivity (Wildman–Crippen MR) is 114 cm³/mol. The second-order valence-corrected chi connectivity index (χ2v) is 8.52. The number of carbonyl (C=O) groups is 1. The number of nitrogens with one attached hydrogen (secondary N) is 1. The van der Waals surface area contributed by atoms with E-state index in [9.17, 15) is 9.59 Å². The highest BCUT2D eigenvalue weighted by atomic mass is 16.5. The largest absolute Gasteiger partial charge is 0.425 e. The summed E-state index contributed by atoms with van der Waals surface area (Å²) in [6.07, 6.45) is 2.11. The summed E-state index contributed by atoms with van der Waals surface area (Å²) in [5, 5.41) is 0. The van der Waals surface area contributed by atoms with Crippen LogP contribution in [0.3, 0.4) is 0 Å². The van der Waals surface area contributed by atoms with Gasteiger partial charge in [-0.05, 0) is 53.3 Å². The highest BCUT2D eigenvalue weighted by molar-refractivity contribution is 5.91. The second-order valence-electron chi connectivity index (χ2n) is 8.52. The molecule has 2 aromatic carbocycles. The summed E-state index contributed by atoms with van der Waals surface area (Å²) in [5.74, 6) is -0.228. The molecular formula is C24H24N2O3. The number of aromatic amines is 1. The number of anilines is 1. The van der Waals surface area contributed by atoms with Gasteiger partial charge in [0.15, 0.2) is 0 Å². The lowest BCUT2D eigenvalue weighted by Crippen LogP contribution is -2.14. The fourth-order valence-corrected chi connectivity index (χ4v) is 3.67. The zero-order valence-electron chi connectivity index (χ0n) is 16.8. The first-order valence-electron chi connectivity index (χ1n) is 9.66. The number of pyridine rings is 1. The van der Waals surface area contributed by atoms with Crippen molar-refractivity contribution in [1.82, 2.24) is 4.98 Å². The molecule has 29 heavy (non-hydrogen) atoms. The third kappa shape index (κ3) is 3.56. The van der Waals surface area contributed by atoms with Crippen molar-refractivity contribution in [2.24, 2.45) is 0 Å². The van der Waals surface area contributed by atoms with Gasteiger partial charge < -0.3 is 15.5 Å². The number of aromatic nitrogens is 1. The molecule has 148 valence electrons. The Balaban J connectivity index is 1.88. The summed E-state index contributed by atoms with van der Waals surface area (Å²) in [6.45, 7) is 6.33. The van der Waals surface area contributed by atoms with Crippen molar-refractivity contribution in [3.05, 3.63) is 81.8 Å². The minimum Gasteiger partial charge on any atom is -0.425 e. The van der Waals surface area contributed by atoms with Gasteiger partial charge in [0.25, 0.3) is 5.56 Å². The molecule has 1 aliphatic heterocycles. The fourth-order valence-electron chi connectivity index (χ4n) is 3.67. The highest BCUT2D eigenvalue weighted by Gasteiger charge is 2.37. The number of nitrogens with two attached hydrogens (primary N) is 1. The minimum atomic E-state index is -0.419. The van der Waals surface area contributed by atoms with Gasteiger partial charge in [-0.25, -0.2) is 0 Å². The first-order valence-corrected chi connectivity index (χ1v) is 9.66. The van der Waals surface area contributed by atoms with Gasteiger partial charge in [-0.1, -0.05) is 39.0 Å². The van der Waals surface area contributed by atoms with Crippen LogP contribution in [0.5, 0.6) is 5.75 Å². The van der Waals surface area contributed by atoms with Crippen LogP contribution in [0.1, 0.15) is 43.4 Å². The molecular weight excluding hydrogens is 364 g/mol. The molecule has 5 nitrogen and oxygen atoms in total. The number of fused-ring (bicyclic) bond motifs is 1. The van der Waals surface area contributed by atoms with Gasteiger partial charge in [0, 0.05) is 23.0 Å². The van der Waals surface area contributed by atoms with Gasteiger partial charge in [0.2, 0.25) is 0 Å². The number of carbonyl (C=O) groups excluding carboxylic acids is 1. The smallest absolute Gasteiger partial charge is 0.319 e. The topological polar surface area (TPSA) is 85.2 Å². The molecule has 0 fully saturated rings. The van der Waals surface area contributed by atoms with E-state index >= 15 is 0 Å². The van der Waals surface area contributed by atoms with Crippen LogP contribution in [0.2, 0.25) is 0 Å². The molecule has 0 spiro atoms. The Labute approximate surface area is 169 Å². The van der Waals surface area contributed by atoms with E-state index in [1.807, 2.05) is 36.4 Å². The van der Waals surface area contributed by atoms with E-state index in [-0.39, 0.29) is 16.9 Å². The Kier molecular flexibility index (Phi) is 4.53. The van der Waals surface area contributed by atoms with Gasteiger partial charge in [-0.2, -0.15) is 0 Å². The summed E-state index contributed by atoms with van der Waals surface area (Å²) in [5.41, 5.74) is 10.1. The number of benzene rings is 2. The van der Waals surface area contributed by atoms with E-state index < -0.39 is 5.92 Å². The first-order chi connectivity index (χ1) is 13.7. The average Bonchev–Trinajstić information content (AvgIpc) is 2.98. The molecule has 5 heteroatoms. The average molecular weight is 388 g/mol. The van der Waals surface area contributed by atoms with Crippen LogP contribution in [0.25, 0.3) is 11.1 Å². The molecule has 0 bridgehead atoms. The Hall–Kier alpha value is -3.34. The Morgan fingerprint density at radius 1 is 1.03 bits per heavy atom. The van der Waals surface area contributed by atoms with Gasteiger partial charge in [0.1, 0.15) is 5.75 Å². The molecule has 3 N–H and O–H groups in total. The molecule has 1 aliphatic rings. The van der Waals surface area contributed by atoms with Crippen LogP contribution >= 0.6 is 0 Å². The molecule has 0 saturated carbocycles. The van der Waals surface area contributed by atoms with E-state index in [0.29, 0.717) is 29.0 Å². The van der Waals surface area contributed by atoms with Crippen molar-refractivity contribution >= 4 is 11.7 Å². The molecule has 0 radical (unpaired) electrons. The molecule has 0 saturated heterocycles. The maximum Gasteiger partial charge on any atom is 0.319 e. The van der Waals surface area contributed by atoms with Crippen molar-refractivity contribution < 1.29 is 9.53 Å². The van der Waals surface area contributed by atoms with Crippen molar-refractivity contribution in [2.45, 2.75) is 38.5 Å². The molecule has 2 heterocycles. The van der Waals surface area contributed by atoms with E-state index in [4.69, 9.17) is 10.5 Å². The summed E-state index contributed by atoms with van der Waals surface area (Å²) in [4.78, 5) is 28.0. The second kappa shape index (κ2) is 6.92. The number of rotatable bonds is 3. The third-order valence-electron chi connectivity index (χ3n) is 5.37. The Morgan fingerprint density at radius 3 is 2.41 bits per heavy atom. The van der Waals surface area contributed by atoms with Crippen molar-refractivity contribution in [3.63, 3.8) is 0 Å². The lowest BCUT2D eigenvalue weighted by molar-refractivity contribution is -0.134. The fraction of sp³-hybridized carbons (Fsp3) is 0.250. The van der Waals surface area contributed by atoms with Crippen molar-refractivity contribution in [2.75, 3.05) is 5.73 Å². The van der Waals surface area contributed by atoms with Crippen LogP contribution in [0.4, 0.5) is 5.69 Å². The standard InChI is InChI=1S/C24H24N2O3/c1-24(2,3)15-12-18(17-5-4-10-26-22(17)27)21-19(13-15)20(23(28)29-21)11-14-6-8-16(25)9-7-14/h4-10,12-13,20H,11,25H2,1-3H3,(H,26,27). The van der Waals surface area contributed by atoms with Crippen LogP contribution in [-0.2, 0) is 16.6 Å². The molecule has 4 rings (SSSR count). The SMILES string of the molecule is CC(C)(C)c1cc(-c2ccc[nH]c2=O)c2c(c1)C(Cc1ccc(N)cc1)C(=O)O2. The molecule has 3 aromatic rings. The van der Waals surface area contributed by atoms with Gasteiger partial charge in [0.05, 0.1) is 11.5 Å². The van der Waals surface area contributed by atoms with Crippen LogP contribution in [0.15, 0.2) is 59.5 Å². The molecule has 1 unspecified atom stereocenters. The molecule has 1 aromatic heterocycles.